The second kappa shape index (κ2) is 4.23. The molecule has 0 atom stereocenters. The van der Waals surface area contributed by atoms with Gasteiger partial charge in [-0.2, -0.15) is 0 Å². The van der Waals surface area contributed by atoms with E-state index in [0.717, 1.165) is 24.4 Å². The van der Waals surface area contributed by atoms with Crippen molar-refractivity contribution in [2.75, 3.05) is 0 Å². The zero-order valence-electron chi connectivity index (χ0n) is 9.13. The van der Waals surface area contributed by atoms with E-state index >= 15 is 0 Å². The van der Waals surface area contributed by atoms with Crippen LogP contribution in [0.5, 0.6) is 0 Å². The number of alkyl halides is 1. The number of aryl methyl sites for hydroxylation is 2. The van der Waals surface area contributed by atoms with Gasteiger partial charge in [-0.25, -0.2) is 4.98 Å². The Morgan fingerprint density at radius 2 is 2.27 bits per heavy atom. The average molecular weight is 223 g/mol. The van der Waals surface area contributed by atoms with Gasteiger partial charge >= 0.3 is 0 Å². The van der Waals surface area contributed by atoms with Crippen molar-refractivity contribution < 1.29 is 0 Å². The zero-order chi connectivity index (χ0) is 10.8. The number of halogens is 1. The van der Waals surface area contributed by atoms with Gasteiger partial charge in [-0.15, -0.1) is 11.6 Å². The Hall–Kier alpha value is -1.02. The molecule has 0 amide bonds. The number of fused-ring (bicyclic) bond motifs is 1. The van der Waals surface area contributed by atoms with Crippen LogP contribution in [-0.2, 0) is 12.3 Å². The quantitative estimate of drug-likeness (QED) is 0.729. The summed E-state index contributed by atoms with van der Waals surface area (Å²) in [6, 6.07) is 4.16. The molecule has 0 aliphatic carbocycles. The molecular weight excluding hydrogens is 208 g/mol. The molecule has 0 bridgehead atoms. The summed E-state index contributed by atoms with van der Waals surface area (Å²) in [5.41, 5.74) is 3.41. The fourth-order valence-electron chi connectivity index (χ4n) is 1.95. The van der Waals surface area contributed by atoms with E-state index in [9.17, 15) is 0 Å². The van der Waals surface area contributed by atoms with Crippen LogP contribution in [0.2, 0.25) is 0 Å². The molecule has 3 heteroatoms. The first-order valence-corrected chi connectivity index (χ1v) is 5.82. The van der Waals surface area contributed by atoms with E-state index in [4.69, 9.17) is 11.6 Å². The topological polar surface area (TPSA) is 17.3 Å². The molecule has 0 aliphatic rings. The lowest BCUT2D eigenvalue weighted by atomic mass is 10.2. The van der Waals surface area contributed by atoms with E-state index in [1.807, 2.05) is 0 Å². The van der Waals surface area contributed by atoms with E-state index < -0.39 is 0 Å². The standard InChI is InChI=1S/C12H15ClN2/c1-3-5-11-14-10(8-13)12-9(2)6-4-7-15(11)12/h4,6-7H,3,5,8H2,1-2H3. The Morgan fingerprint density at radius 3 is 2.93 bits per heavy atom. The normalized spacial score (nSPS) is 11.1. The summed E-state index contributed by atoms with van der Waals surface area (Å²) in [5.74, 6) is 1.60. The maximum absolute atomic E-state index is 5.92. The third kappa shape index (κ3) is 1.74. The van der Waals surface area contributed by atoms with Crippen LogP contribution in [0, 0.1) is 6.92 Å². The molecule has 0 N–H and O–H groups in total. The number of rotatable bonds is 3. The fourth-order valence-corrected chi connectivity index (χ4v) is 2.14. The Morgan fingerprint density at radius 1 is 1.47 bits per heavy atom. The number of imidazole rings is 1. The Labute approximate surface area is 94.9 Å². The second-order valence-corrected chi connectivity index (χ2v) is 4.04. The summed E-state index contributed by atoms with van der Waals surface area (Å²) in [4.78, 5) is 4.59. The van der Waals surface area contributed by atoms with Gasteiger partial charge in [-0.1, -0.05) is 13.0 Å². The summed E-state index contributed by atoms with van der Waals surface area (Å²) < 4.78 is 2.16. The van der Waals surface area contributed by atoms with Gasteiger partial charge < -0.3 is 4.40 Å². The molecule has 15 heavy (non-hydrogen) atoms. The van der Waals surface area contributed by atoms with Crippen molar-refractivity contribution in [2.24, 2.45) is 0 Å². The highest BCUT2D eigenvalue weighted by atomic mass is 35.5. The lowest BCUT2D eigenvalue weighted by molar-refractivity contribution is 0.827. The highest BCUT2D eigenvalue weighted by molar-refractivity contribution is 6.17. The van der Waals surface area contributed by atoms with Crippen LogP contribution in [0.1, 0.15) is 30.4 Å². The maximum Gasteiger partial charge on any atom is 0.113 e. The van der Waals surface area contributed by atoms with E-state index in [0.29, 0.717) is 5.88 Å². The summed E-state index contributed by atoms with van der Waals surface area (Å²) in [7, 11) is 0. The van der Waals surface area contributed by atoms with Crippen molar-refractivity contribution in [2.45, 2.75) is 32.6 Å². The van der Waals surface area contributed by atoms with Gasteiger partial charge in [-0.3, -0.25) is 0 Å². The van der Waals surface area contributed by atoms with Gasteiger partial charge in [0, 0.05) is 12.6 Å². The van der Waals surface area contributed by atoms with Crippen molar-refractivity contribution in [1.29, 1.82) is 0 Å². The first-order valence-electron chi connectivity index (χ1n) is 5.29. The Balaban J connectivity index is 2.69. The van der Waals surface area contributed by atoms with Gasteiger partial charge in [0.25, 0.3) is 0 Å². The predicted molar refractivity (Wildman–Crippen MR) is 63.5 cm³/mol. The monoisotopic (exact) mass is 222 g/mol. The van der Waals surface area contributed by atoms with E-state index in [1.54, 1.807) is 0 Å². The van der Waals surface area contributed by atoms with Crippen LogP contribution in [0.3, 0.4) is 0 Å². The van der Waals surface area contributed by atoms with Gasteiger partial charge in [-0.05, 0) is 25.0 Å². The van der Waals surface area contributed by atoms with Crippen LogP contribution >= 0.6 is 11.6 Å². The number of hydrogen-bond acceptors (Lipinski definition) is 1. The molecule has 0 unspecified atom stereocenters. The molecule has 2 nitrogen and oxygen atoms in total. The Kier molecular flexibility index (Phi) is 2.96. The molecule has 0 fully saturated rings. The first-order chi connectivity index (χ1) is 7.27. The summed E-state index contributed by atoms with van der Waals surface area (Å²) in [5, 5.41) is 0. The molecule has 0 spiro atoms. The van der Waals surface area contributed by atoms with Gasteiger partial charge in [0.05, 0.1) is 17.1 Å². The third-order valence-electron chi connectivity index (χ3n) is 2.61. The molecule has 2 aromatic heterocycles. The largest absolute Gasteiger partial charge is 0.303 e. The minimum Gasteiger partial charge on any atom is -0.303 e. The van der Waals surface area contributed by atoms with Crippen LogP contribution in [0.4, 0.5) is 0 Å². The molecular formula is C12H15ClN2. The number of nitrogens with zero attached hydrogens (tertiary/aromatic N) is 2. The van der Waals surface area contributed by atoms with Crippen molar-refractivity contribution in [3.8, 4) is 0 Å². The van der Waals surface area contributed by atoms with Gasteiger partial charge in [0.1, 0.15) is 5.82 Å². The van der Waals surface area contributed by atoms with Crippen LogP contribution in [0.15, 0.2) is 18.3 Å². The molecule has 2 rings (SSSR count). The van der Waals surface area contributed by atoms with Crippen molar-refractivity contribution >= 4 is 17.1 Å². The Bertz CT molecular complexity index is 474. The summed E-state index contributed by atoms with van der Waals surface area (Å²) in [6.45, 7) is 4.26. The third-order valence-corrected chi connectivity index (χ3v) is 2.86. The minimum atomic E-state index is 0.484. The maximum atomic E-state index is 5.92. The minimum absolute atomic E-state index is 0.484. The lowest BCUT2D eigenvalue weighted by Crippen LogP contribution is -1.93. The molecule has 0 aromatic carbocycles. The molecule has 80 valence electrons. The zero-order valence-corrected chi connectivity index (χ0v) is 9.88. The predicted octanol–water partition coefficient (Wildman–Crippen LogP) is 3.33. The second-order valence-electron chi connectivity index (χ2n) is 3.77. The van der Waals surface area contributed by atoms with Crippen molar-refractivity contribution in [1.82, 2.24) is 9.38 Å². The average Bonchev–Trinajstić information content (AvgIpc) is 2.59. The number of hydrogen-bond donors (Lipinski definition) is 0. The molecule has 0 aliphatic heterocycles. The first kappa shape index (κ1) is 10.5. The van der Waals surface area contributed by atoms with Crippen molar-refractivity contribution in [3.63, 3.8) is 0 Å². The summed E-state index contributed by atoms with van der Waals surface area (Å²) >= 11 is 5.92. The van der Waals surface area contributed by atoms with Gasteiger partial charge in [0.2, 0.25) is 0 Å². The molecule has 2 heterocycles. The summed E-state index contributed by atoms with van der Waals surface area (Å²) in [6.07, 6.45) is 4.17. The molecule has 2 aromatic rings. The molecule has 0 saturated heterocycles. The molecule has 0 radical (unpaired) electrons. The number of pyridine rings is 1. The highest BCUT2D eigenvalue weighted by Gasteiger charge is 2.10. The lowest BCUT2D eigenvalue weighted by Gasteiger charge is -2.01. The fraction of sp³-hybridized carbons (Fsp3) is 0.417. The van der Waals surface area contributed by atoms with Crippen LogP contribution in [-0.4, -0.2) is 9.38 Å². The number of aromatic nitrogens is 2. The SMILES string of the molecule is CCCc1nc(CCl)c2c(C)cccn12. The van der Waals surface area contributed by atoms with E-state index in [-0.39, 0.29) is 0 Å². The van der Waals surface area contributed by atoms with Crippen molar-refractivity contribution in [3.05, 3.63) is 35.4 Å². The van der Waals surface area contributed by atoms with E-state index in [1.165, 1.54) is 11.1 Å². The van der Waals surface area contributed by atoms with Crippen LogP contribution in [0.25, 0.3) is 5.52 Å². The van der Waals surface area contributed by atoms with Crippen LogP contribution < -0.4 is 0 Å². The highest BCUT2D eigenvalue weighted by Crippen LogP contribution is 2.19. The van der Waals surface area contributed by atoms with E-state index in [2.05, 4.69) is 41.6 Å². The smallest absolute Gasteiger partial charge is 0.113 e. The van der Waals surface area contributed by atoms with Gasteiger partial charge in [0.15, 0.2) is 0 Å². The molecule has 0 saturated carbocycles.